The number of aryl methyl sites for hydroxylation is 1. The number of nitrogens with one attached hydrogen (secondary N) is 1. The third kappa shape index (κ3) is 3.97. The SMILES string of the molecule is Cc1cccnc1NC(=O)C(C)Sc1nc2ccccc2c(=O)n1-c1ccccc1. The molecule has 0 bridgehead atoms. The maximum Gasteiger partial charge on any atom is 0.266 e. The standard InChI is InChI=1S/C23H20N4O2S/c1-15-9-8-14-24-20(15)26-21(28)16(2)30-23-25-19-13-7-6-12-18(19)22(29)27(23)17-10-4-3-5-11-17/h3-14,16H,1-2H3,(H,24,26,28). The Morgan fingerprint density at radius 2 is 1.77 bits per heavy atom. The monoisotopic (exact) mass is 416 g/mol. The van der Waals surface area contributed by atoms with Crippen LogP contribution in [0.4, 0.5) is 5.82 Å². The van der Waals surface area contributed by atoms with E-state index in [9.17, 15) is 9.59 Å². The number of hydrogen-bond donors (Lipinski definition) is 1. The molecule has 0 aliphatic rings. The lowest BCUT2D eigenvalue weighted by atomic mass is 10.2. The summed E-state index contributed by atoms with van der Waals surface area (Å²) in [6.45, 7) is 3.67. The van der Waals surface area contributed by atoms with Crippen LogP contribution >= 0.6 is 11.8 Å². The molecule has 1 N–H and O–H groups in total. The van der Waals surface area contributed by atoms with Gasteiger partial charge in [-0.1, -0.05) is 48.2 Å². The number of benzene rings is 2. The van der Waals surface area contributed by atoms with Crippen molar-refractivity contribution in [1.82, 2.24) is 14.5 Å². The van der Waals surface area contributed by atoms with Crippen LogP contribution in [-0.2, 0) is 4.79 Å². The summed E-state index contributed by atoms with van der Waals surface area (Å²) >= 11 is 1.24. The highest BCUT2D eigenvalue weighted by molar-refractivity contribution is 8.00. The Bertz CT molecular complexity index is 1270. The molecule has 1 amide bonds. The minimum atomic E-state index is -0.491. The van der Waals surface area contributed by atoms with Gasteiger partial charge in [-0.05, 0) is 49.7 Å². The fourth-order valence-corrected chi connectivity index (χ4v) is 3.97. The summed E-state index contributed by atoms with van der Waals surface area (Å²) in [6.07, 6.45) is 1.64. The molecule has 0 aliphatic carbocycles. The molecule has 0 radical (unpaired) electrons. The Kier molecular flexibility index (Phi) is 5.63. The number of aromatic nitrogens is 3. The summed E-state index contributed by atoms with van der Waals surface area (Å²) < 4.78 is 1.56. The van der Waals surface area contributed by atoms with E-state index in [0.717, 1.165) is 5.56 Å². The summed E-state index contributed by atoms with van der Waals surface area (Å²) in [4.78, 5) is 34.9. The smallest absolute Gasteiger partial charge is 0.266 e. The van der Waals surface area contributed by atoms with Gasteiger partial charge in [0.25, 0.3) is 5.56 Å². The van der Waals surface area contributed by atoms with Crippen LogP contribution < -0.4 is 10.9 Å². The zero-order chi connectivity index (χ0) is 21.1. The molecular weight excluding hydrogens is 396 g/mol. The molecule has 0 fully saturated rings. The Morgan fingerprint density at radius 3 is 2.53 bits per heavy atom. The zero-order valence-corrected chi connectivity index (χ0v) is 17.4. The number of amides is 1. The number of fused-ring (bicyclic) bond motifs is 1. The lowest BCUT2D eigenvalue weighted by Crippen LogP contribution is -2.26. The van der Waals surface area contributed by atoms with Crippen molar-refractivity contribution >= 4 is 34.4 Å². The van der Waals surface area contributed by atoms with E-state index in [1.165, 1.54) is 11.8 Å². The minimum absolute atomic E-state index is 0.164. The number of rotatable bonds is 5. The average molecular weight is 417 g/mol. The highest BCUT2D eigenvalue weighted by Crippen LogP contribution is 2.26. The molecular formula is C23H20N4O2S. The highest BCUT2D eigenvalue weighted by Gasteiger charge is 2.21. The van der Waals surface area contributed by atoms with Gasteiger partial charge in [-0.25, -0.2) is 9.97 Å². The van der Waals surface area contributed by atoms with E-state index in [4.69, 9.17) is 0 Å². The van der Waals surface area contributed by atoms with Crippen LogP contribution in [0.5, 0.6) is 0 Å². The maximum absolute atomic E-state index is 13.2. The number of hydrogen-bond acceptors (Lipinski definition) is 5. The minimum Gasteiger partial charge on any atom is -0.310 e. The van der Waals surface area contributed by atoms with Crippen LogP contribution in [0.1, 0.15) is 12.5 Å². The van der Waals surface area contributed by atoms with E-state index in [1.54, 1.807) is 29.8 Å². The summed E-state index contributed by atoms with van der Waals surface area (Å²) in [5, 5.41) is 3.36. The predicted octanol–water partition coefficient (Wildman–Crippen LogP) is 4.21. The number of carbonyl (C=O) groups excluding carboxylic acids is 1. The molecule has 0 saturated heterocycles. The van der Waals surface area contributed by atoms with Crippen molar-refractivity contribution in [3.63, 3.8) is 0 Å². The van der Waals surface area contributed by atoms with Gasteiger partial charge < -0.3 is 5.32 Å². The molecule has 30 heavy (non-hydrogen) atoms. The Balaban J connectivity index is 1.72. The summed E-state index contributed by atoms with van der Waals surface area (Å²) in [5.74, 6) is 0.325. The molecule has 7 heteroatoms. The first-order chi connectivity index (χ1) is 14.5. The molecule has 2 aromatic carbocycles. The summed E-state index contributed by atoms with van der Waals surface area (Å²) in [5.41, 5.74) is 2.03. The molecule has 150 valence electrons. The third-order valence-electron chi connectivity index (χ3n) is 4.66. The average Bonchev–Trinajstić information content (AvgIpc) is 2.76. The second kappa shape index (κ2) is 8.51. The van der Waals surface area contributed by atoms with Crippen molar-refractivity contribution < 1.29 is 4.79 Å². The van der Waals surface area contributed by atoms with Crippen LogP contribution in [0.3, 0.4) is 0 Å². The summed E-state index contributed by atoms with van der Waals surface area (Å²) in [6, 6.07) is 20.3. The fourth-order valence-electron chi connectivity index (χ4n) is 3.04. The third-order valence-corrected chi connectivity index (χ3v) is 5.71. The molecule has 2 aromatic heterocycles. The Morgan fingerprint density at radius 1 is 1.03 bits per heavy atom. The van der Waals surface area contributed by atoms with Crippen LogP contribution in [0, 0.1) is 6.92 Å². The molecule has 1 atom stereocenters. The van der Waals surface area contributed by atoms with Gasteiger partial charge in [-0.3, -0.25) is 14.2 Å². The van der Waals surface area contributed by atoms with Crippen molar-refractivity contribution in [3.8, 4) is 5.69 Å². The van der Waals surface area contributed by atoms with Crippen molar-refractivity contribution in [1.29, 1.82) is 0 Å². The maximum atomic E-state index is 13.2. The van der Waals surface area contributed by atoms with Crippen molar-refractivity contribution in [2.45, 2.75) is 24.3 Å². The molecule has 4 rings (SSSR count). The zero-order valence-electron chi connectivity index (χ0n) is 16.6. The van der Waals surface area contributed by atoms with Crippen LogP contribution in [0.15, 0.2) is 82.9 Å². The number of nitrogens with zero attached hydrogens (tertiary/aromatic N) is 3. The van der Waals surface area contributed by atoms with Gasteiger partial charge >= 0.3 is 0 Å². The second-order valence-corrected chi connectivity index (χ2v) is 8.11. The molecule has 0 spiro atoms. The highest BCUT2D eigenvalue weighted by atomic mass is 32.2. The van der Waals surface area contributed by atoms with Crippen molar-refractivity contribution in [2.24, 2.45) is 0 Å². The van der Waals surface area contributed by atoms with E-state index in [-0.39, 0.29) is 11.5 Å². The van der Waals surface area contributed by atoms with E-state index in [1.807, 2.05) is 61.5 Å². The Hall–Kier alpha value is -3.45. The van der Waals surface area contributed by atoms with Gasteiger partial charge in [0.05, 0.1) is 21.8 Å². The van der Waals surface area contributed by atoms with Crippen LogP contribution in [0.25, 0.3) is 16.6 Å². The van der Waals surface area contributed by atoms with Gasteiger partial charge in [0.2, 0.25) is 5.91 Å². The van der Waals surface area contributed by atoms with E-state index >= 15 is 0 Å². The molecule has 2 heterocycles. The summed E-state index contributed by atoms with van der Waals surface area (Å²) in [7, 11) is 0. The first-order valence-corrected chi connectivity index (χ1v) is 10.4. The number of para-hydroxylation sites is 2. The van der Waals surface area contributed by atoms with Crippen LogP contribution in [-0.4, -0.2) is 25.7 Å². The van der Waals surface area contributed by atoms with E-state index in [2.05, 4.69) is 15.3 Å². The molecule has 1 unspecified atom stereocenters. The van der Waals surface area contributed by atoms with Crippen LogP contribution in [0.2, 0.25) is 0 Å². The topological polar surface area (TPSA) is 76.9 Å². The number of carbonyl (C=O) groups is 1. The molecule has 6 nitrogen and oxygen atoms in total. The number of pyridine rings is 1. The largest absolute Gasteiger partial charge is 0.310 e. The van der Waals surface area contributed by atoms with Gasteiger partial charge in [0.15, 0.2) is 5.16 Å². The second-order valence-electron chi connectivity index (χ2n) is 6.81. The van der Waals surface area contributed by atoms with Gasteiger partial charge in [0.1, 0.15) is 5.82 Å². The van der Waals surface area contributed by atoms with E-state index < -0.39 is 5.25 Å². The quantitative estimate of drug-likeness (QED) is 0.390. The molecule has 0 aliphatic heterocycles. The predicted molar refractivity (Wildman–Crippen MR) is 120 cm³/mol. The van der Waals surface area contributed by atoms with Gasteiger partial charge in [-0.15, -0.1) is 0 Å². The van der Waals surface area contributed by atoms with Crippen molar-refractivity contribution in [2.75, 3.05) is 5.32 Å². The lowest BCUT2D eigenvalue weighted by Gasteiger charge is -2.16. The first-order valence-electron chi connectivity index (χ1n) is 9.51. The lowest BCUT2D eigenvalue weighted by molar-refractivity contribution is -0.115. The van der Waals surface area contributed by atoms with Gasteiger partial charge in [-0.2, -0.15) is 0 Å². The van der Waals surface area contributed by atoms with Gasteiger partial charge in [0, 0.05) is 6.20 Å². The van der Waals surface area contributed by atoms with E-state index in [0.29, 0.717) is 27.6 Å². The Labute approximate surface area is 178 Å². The number of anilines is 1. The molecule has 0 saturated carbocycles. The first kappa shape index (κ1) is 19.8. The van der Waals surface area contributed by atoms with Crippen molar-refractivity contribution in [3.05, 3.63) is 88.8 Å². The fraction of sp³-hybridized carbons (Fsp3) is 0.130. The normalized spacial score (nSPS) is 11.9. The molecule has 4 aromatic rings. The number of thioether (sulfide) groups is 1.